The molecule has 0 amide bonds. The topological polar surface area (TPSA) is 0 Å². The quantitative estimate of drug-likeness (QED) is 0.352. The third-order valence-corrected chi connectivity index (χ3v) is 19.5. The second-order valence-electron chi connectivity index (χ2n) is 11.8. The molecule has 0 radical (unpaired) electrons. The molecule has 0 unspecified atom stereocenters. The van der Waals surface area contributed by atoms with Crippen molar-refractivity contribution >= 4 is 64.9 Å². The van der Waals surface area contributed by atoms with Crippen molar-refractivity contribution in [1.82, 2.24) is 0 Å². The Labute approximate surface area is 211 Å². The zero-order chi connectivity index (χ0) is 24.4. The summed E-state index contributed by atoms with van der Waals surface area (Å²) in [6.07, 6.45) is 0. The van der Waals surface area contributed by atoms with E-state index in [4.69, 9.17) is 0 Å². The molecule has 5 rings (SSSR count). The standard InChI is InChI=1S/C30H38Si4/c1-31(2)27-23-13-9-11-15-25(23)33(5,6)29(27)21-17-19-22(20-18-21)30-28(32(3)4)24-14-10-12-16-26(24)34(30,7)8/h9-20,31-32H,1-8H3. The van der Waals surface area contributed by atoms with Crippen LogP contribution in [0.2, 0.25) is 52.4 Å². The zero-order valence-electron chi connectivity index (χ0n) is 22.1. The molecule has 0 N–H and O–H groups in total. The van der Waals surface area contributed by atoms with Gasteiger partial charge >= 0.3 is 0 Å². The summed E-state index contributed by atoms with van der Waals surface area (Å²) in [5, 5.41) is 10.1. The summed E-state index contributed by atoms with van der Waals surface area (Å²) >= 11 is 0. The van der Waals surface area contributed by atoms with Gasteiger partial charge in [0.25, 0.3) is 0 Å². The van der Waals surface area contributed by atoms with Gasteiger partial charge in [0.05, 0.1) is 17.6 Å². The first kappa shape index (κ1) is 23.7. The lowest BCUT2D eigenvalue weighted by atomic mass is 10.1. The van der Waals surface area contributed by atoms with Gasteiger partial charge < -0.3 is 0 Å². The smallest absolute Gasteiger partial charge is 0.0682 e. The lowest BCUT2D eigenvalue weighted by Crippen LogP contribution is -2.41. The lowest BCUT2D eigenvalue weighted by molar-refractivity contribution is 1.59. The number of hydrogen-bond acceptors (Lipinski definition) is 0. The molecule has 2 aliphatic heterocycles. The maximum Gasteiger partial charge on any atom is 0.113 e. The first-order chi connectivity index (χ1) is 16.1. The Balaban J connectivity index is 1.66. The lowest BCUT2D eigenvalue weighted by Gasteiger charge is -2.26. The predicted octanol–water partition coefficient (Wildman–Crippen LogP) is 6.50. The number of rotatable bonds is 4. The molecule has 0 spiro atoms. The van der Waals surface area contributed by atoms with E-state index in [0.29, 0.717) is 0 Å². The van der Waals surface area contributed by atoms with Crippen molar-refractivity contribution in [3.8, 4) is 0 Å². The van der Waals surface area contributed by atoms with E-state index in [2.05, 4.69) is 125 Å². The highest BCUT2D eigenvalue weighted by Gasteiger charge is 2.42. The molecule has 0 aliphatic carbocycles. The average Bonchev–Trinajstić information content (AvgIpc) is 3.19. The van der Waals surface area contributed by atoms with Gasteiger partial charge in [0.1, 0.15) is 16.1 Å². The third-order valence-electron chi connectivity index (χ3n) is 8.19. The van der Waals surface area contributed by atoms with E-state index in [1.807, 2.05) is 0 Å². The van der Waals surface area contributed by atoms with Crippen LogP contribution in [0.4, 0.5) is 0 Å². The van der Waals surface area contributed by atoms with Crippen molar-refractivity contribution in [2.24, 2.45) is 0 Å². The summed E-state index contributed by atoms with van der Waals surface area (Å²) in [7, 11) is -5.34. The second kappa shape index (κ2) is 8.30. The molecule has 2 heterocycles. The molecule has 3 aromatic carbocycles. The van der Waals surface area contributed by atoms with Crippen LogP contribution in [0.1, 0.15) is 22.3 Å². The summed E-state index contributed by atoms with van der Waals surface area (Å²) in [5.74, 6) is 0. The van der Waals surface area contributed by atoms with E-state index in [-0.39, 0.29) is 0 Å². The molecule has 3 aromatic rings. The largest absolute Gasteiger partial charge is 0.113 e. The van der Waals surface area contributed by atoms with Crippen LogP contribution in [0.25, 0.3) is 20.8 Å². The minimum Gasteiger partial charge on any atom is -0.0682 e. The highest BCUT2D eigenvalue weighted by atomic mass is 28.3. The van der Waals surface area contributed by atoms with Crippen molar-refractivity contribution in [3.05, 3.63) is 95.1 Å². The molecule has 0 saturated heterocycles. The maximum absolute atomic E-state index is 2.56. The van der Waals surface area contributed by atoms with Crippen LogP contribution in [0, 0.1) is 0 Å². The first-order valence-corrected chi connectivity index (χ1v) is 24.6. The number of fused-ring (bicyclic) bond motifs is 2. The molecule has 2 aliphatic rings. The summed E-state index contributed by atoms with van der Waals surface area (Å²) in [6, 6.07) is 28.5. The van der Waals surface area contributed by atoms with Crippen LogP contribution in [0.5, 0.6) is 0 Å². The monoisotopic (exact) mass is 510 g/mol. The Bertz CT molecular complexity index is 1230. The summed E-state index contributed by atoms with van der Waals surface area (Å²) in [4.78, 5) is 0. The molecule has 0 bridgehead atoms. The second-order valence-corrected chi connectivity index (χ2v) is 26.2. The van der Waals surface area contributed by atoms with E-state index in [0.717, 1.165) is 0 Å². The Morgan fingerprint density at radius 2 is 0.794 bits per heavy atom. The molecular formula is C30H38Si4. The van der Waals surface area contributed by atoms with E-state index < -0.39 is 33.7 Å². The van der Waals surface area contributed by atoms with Crippen molar-refractivity contribution in [2.45, 2.75) is 52.4 Å². The highest BCUT2D eigenvalue weighted by molar-refractivity contribution is 7.12. The van der Waals surface area contributed by atoms with Gasteiger partial charge in [0.15, 0.2) is 0 Å². The summed E-state index contributed by atoms with van der Waals surface area (Å²) < 4.78 is 0. The molecule has 0 fully saturated rings. The van der Waals surface area contributed by atoms with Crippen molar-refractivity contribution in [1.29, 1.82) is 0 Å². The molecular weight excluding hydrogens is 473 g/mol. The fourth-order valence-electron chi connectivity index (χ4n) is 6.77. The van der Waals surface area contributed by atoms with Gasteiger partial charge in [-0.1, -0.05) is 136 Å². The normalized spacial score (nSPS) is 18.2. The van der Waals surface area contributed by atoms with Crippen LogP contribution in [0.3, 0.4) is 0 Å². The van der Waals surface area contributed by atoms with Crippen LogP contribution in [0.15, 0.2) is 72.8 Å². The molecule has 4 heteroatoms. The summed E-state index contributed by atoms with van der Waals surface area (Å²) in [5.41, 5.74) is 6.09. The molecule has 0 aromatic heterocycles. The first-order valence-electron chi connectivity index (χ1n) is 12.9. The molecule has 34 heavy (non-hydrogen) atoms. The fourth-order valence-corrected chi connectivity index (χ4v) is 20.9. The van der Waals surface area contributed by atoms with E-state index in [1.165, 1.54) is 11.1 Å². The zero-order valence-corrected chi connectivity index (χ0v) is 26.4. The van der Waals surface area contributed by atoms with E-state index >= 15 is 0 Å². The molecule has 0 atom stereocenters. The van der Waals surface area contributed by atoms with Gasteiger partial charge in [0.2, 0.25) is 0 Å². The Morgan fingerprint density at radius 1 is 0.471 bits per heavy atom. The number of benzene rings is 3. The Hall–Kier alpha value is -1.99. The average molecular weight is 511 g/mol. The van der Waals surface area contributed by atoms with Crippen LogP contribution >= 0.6 is 0 Å². The maximum atomic E-state index is 2.56. The van der Waals surface area contributed by atoms with Crippen LogP contribution < -0.4 is 10.4 Å². The van der Waals surface area contributed by atoms with Crippen molar-refractivity contribution in [3.63, 3.8) is 0 Å². The molecule has 0 nitrogen and oxygen atoms in total. The number of hydrogen-bond donors (Lipinski definition) is 0. The van der Waals surface area contributed by atoms with Gasteiger partial charge in [-0.2, -0.15) is 0 Å². The van der Waals surface area contributed by atoms with Crippen LogP contribution in [-0.4, -0.2) is 33.7 Å². The molecule has 174 valence electrons. The minimum absolute atomic E-state index is 0.972. The Kier molecular flexibility index (Phi) is 5.79. The van der Waals surface area contributed by atoms with Gasteiger partial charge in [-0.3, -0.25) is 0 Å². The third kappa shape index (κ3) is 3.41. The van der Waals surface area contributed by atoms with Gasteiger partial charge in [-0.15, -0.1) is 0 Å². The molecule has 0 saturated carbocycles. The predicted molar refractivity (Wildman–Crippen MR) is 165 cm³/mol. The Morgan fingerprint density at radius 3 is 1.12 bits per heavy atom. The van der Waals surface area contributed by atoms with E-state index in [9.17, 15) is 0 Å². The highest BCUT2D eigenvalue weighted by Crippen LogP contribution is 2.44. The van der Waals surface area contributed by atoms with Gasteiger partial charge in [-0.05, 0) is 43.0 Å². The SMILES string of the molecule is C[SiH](C)C1=C(c2ccc(C3=C([SiH](C)C)c4ccccc4[Si]3(C)C)cc2)[Si](C)(C)c2ccccc21. The van der Waals surface area contributed by atoms with Crippen LogP contribution in [-0.2, 0) is 0 Å². The van der Waals surface area contributed by atoms with Gasteiger partial charge in [0, 0.05) is 0 Å². The minimum atomic E-state index is -1.70. The van der Waals surface area contributed by atoms with Gasteiger partial charge in [-0.25, -0.2) is 0 Å². The van der Waals surface area contributed by atoms with Crippen molar-refractivity contribution < 1.29 is 0 Å². The summed E-state index contributed by atoms with van der Waals surface area (Å²) in [6.45, 7) is 20.3. The van der Waals surface area contributed by atoms with E-state index in [1.54, 1.807) is 42.3 Å². The fraction of sp³-hybridized carbons (Fsp3) is 0.267. The van der Waals surface area contributed by atoms with Crippen molar-refractivity contribution in [2.75, 3.05) is 0 Å².